The molecule has 0 aliphatic heterocycles. The molecular formula is C32H60O4. The summed E-state index contributed by atoms with van der Waals surface area (Å²) >= 11 is 0. The first kappa shape index (κ1) is 34.7. The van der Waals surface area contributed by atoms with E-state index >= 15 is 0 Å². The van der Waals surface area contributed by atoms with Gasteiger partial charge in [0.1, 0.15) is 0 Å². The number of carbonyl (C=O) groups excluding carboxylic acids is 1. The molecule has 0 aromatic rings. The largest absolute Gasteiger partial charge is 0.481 e. The fraction of sp³-hybridized carbons (Fsp3) is 0.875. The Morgan fingerprint density at radius 3 is 1.53 bits per heavy atom. The number of carboxylic acid groups (broad SMARTS) is 1. The third kappa shape index (κ3) is 28.9. The molecule has 0 rings (SSSR count). The minimum atomic E-state index is -0.678. The summed E-state index contributed by atoms with van der Waals surface area (Å²) in [5.74, 6) is -0.697. The highest BCUT2D eigenvalue weighted by Gasteiger charge is 2.09. The van der Waals surface area contributed by atoms with E-state index in [0.717, 1.165) is 44.9 Å². The van der Waals surface area contributed by atoms with Gasteiger partial charge in [0.05, 0.1) is 6.10 Å². The summed E-state index contributed by atoms with van der Waals surface area (Å²) in [6.07, 6.45) is 33.4. The van der Waals surface area contributed by atoms with E-state index in [4.69, 9.17) is 9.84 Å². The van der Waals surface area contributed by atoms with Gasteiger partial charge in [0, 0.05) is 12.8 Å². The van der Waals surface area contributed by atoms with Gasteiger partial charge in [-0.1, -0.05) is 115 Å². The van der Waals surface area contributed by atoms with Crippen molar-refractivity contribution >= 4 is 11.9 Å². The second-order valence-corrected chi connectivity index (χ2v) is 10.7. The Kier molecular flexibility index (Phi) is 27.2. The van der Waals surface area contributed by atoms with Crippen LogP contribution in [0.15, 0.2) is 12.2 Å². The lowest BCUT2D eigenvalue weighted by Gasteiger charge is -2.13. The molecule has 1 N–H and O–H groups in total. The summed E-state index contributed by atoms with van der Waals surface area (Å²) in [4.78, 5) is 22.5. The summed E-state index contributed by atoms with van der Waals surface area (Å²) in [7, 11) is 0. The van der Waals surface area contributed by atoms with Crippen LogP contribution >= 0.6 is 0 Å². The van der Waals surface area contributed by atoms with E-state index in [2.05, 4.69) is 19.1 Å². The van der Waals surface area contributed by atoms with Crippen molar-refractivity contribution in [3.63, 3.8) is 0 Å². The van der Waals surface area contributed by atoms with Crippen molar-refractivity contribution in [1.29, 1.82) is 0 Å². The Bertz CT molecular complexity index is 514. The van der Waals surface area contributed by atoms with Gasteiger partial charge in [-0.2, -0.15) is 0 Å². The SMILES string of the molecule is CCCCCC/C=C\CCCCCCCCC(=O)OC(C)CCCCCCCCCCCCC(=O)O. The van der Waals surface area contributed by atoms with Crippen LogP contribution in [0.5, 0.6) is 0 Å². The van der Waals surface area contributed by atoms with Crippen molar-refractivity contribution in [2.45, 2.75) is 180 Å². The fourth-order valence-corrected chi connectivity index (χ4v) is 4.63. The number of carbonyl (C=O) groups is 2. The highest BCUT2D eigenvalue weighted by Crippen LogP contribution is 2.15. The zero-order valence-corrected chi connectivity index (χ0v) is 24.1. The van der Waals surface area contributed by atoms with Crippen LogP contribution in [-0.4, -0.2) is 23.1 Å². The summed E-state index contributed by atoms with van der Waals surface area (Å²) in [6.45, 7) is 4.29. The highest BCUT2D eigenvalue weighted by molar-refractivity contribution is 5.69. The molecular weight excluding hydrogens is 448 g/mol. The Balaban J connectivity index is 3.34. The van der Waals surface area contributed by atoms with E-state index in [1.165, 1.54) is 103 Å². The van der Waals surface area contributed by atoms with Gasteiger partial charge in [0.2, 0.25) is 0 Å². The molecule has 0 amide bonds. The Morgan fingerprint density at radius 1 is 0.611 bits per heavy atom. The molecule has 0 spiro atoms. The van der Waals surface area contributed by atoms with Gasteiger partial charge < -0.3 is 9.84 Å². The zero-order chi connectivity index (χ0) is 26.5. The predicted molar refractivity (Wildman–Crippen MR) is 153 cm³/mol. The molecule has 0 radical (unpaired) electrons. The number of ether oxygens (including phenoxy) is 1. The van der Waals surface area contributed by atoms with Gasteiger partial charge >= 0.3 is 11.9 Å². The lowest BCUT2D eigenvalue weighted by Crippen LogP contribution is -2.14. The van der Waals surface area contributed by atoms with Crippen LogP contribution in [0.2, 0.25) is 0 Å². The monoisotopic (exact) mass is 508 g/mol. The van der Waals surface area contributed by atoms with Crippen LogP contribution in [0.25, 0.3) is 0 Å². The standard InChI is InChI=1S/C32H60O4/c1-3-4-5-6-7-8-9-10-11-12-17-20-23-26-29-32(35)36-30(2)27-24-21-18-15-13-14-16-19-22-25-28-31(33)34/h8-9,30H,3-7,10-29H2,1-2H3,(H,33,34)/b9-8-. The molecule has 1 unspecified atom stereocenters. The van der Waals surface area contributed by atoms with Gasteiger partial charge in [0.15, 0.2) is 0 Å². The number of aliphatic carboxylic acids is 1. The minimum absolute atomic E-state index is 0.0186. The maximum Gasteiger partial charge on any atom is 0.306 e. The normalized spacial score (nSPS) is 12.3. The number of unbranched alkanes of at least 4 members (excludes halogenated alkanes) is 19. The molecule has 36 heavy (non-hydrogen) atoms. The molecule has 0 aliphatic carbocycles. The molecule has 0 bridgehead atoms. The third-order valence-corrected chi connectivity index (χ3v) is 6.98. The van der Waals surface area contributed by atoms with Crippen molar-refractivity contribution in [2.75, 3.05) is 0 Å². The second-order valence-electron chi connectivity index (χ2n) is 10.7. The predicted octanol–water partition coefficient (Wildman–Crippen LogP) is 10.3. The maximum absolute atomic E-state index is 12.0. The van der Waals surface area contributed by atoms with E-state index < -0.39 is 5.97 Å². The van der Waals surface area contributed by atoms with Crippen LogP contribution in [-0.2, 0) is 14.3 Å². The van der Waals surface area contributed by atoms with Gasteiger partial charge in [-0.15, -0.1) is 0 Å². The van der Waals surface area contributed by atoms with E-state index in [9.17, 15) is 9.59 Å². The maximum atomic E-state index is 12.0. The summed E-state index contributed by atoms with van der Waals surface area (Å²) in [5, 5.41) is 8.62. The van der Waals surface area contributed by atoms with Crippen LogP contribution in [0.1, 0.15) is 174 Å². The fourth-order valence-electron chi connectivity index (χ4n) is 4.63. The smallest absolute Gasteiger partial charge is 0.306 e. The summed E-state index contributed by atoms with van der Waals surface area (Å²) in [5.41, 5.74) is 0. The molecule has 4 heteroatoms. The number of hydrogen-bond donors (Lipinski definition) is 1. The second kappa shape index (κ2) is 28.3. The van der Waals surface area contributed by atoms with E-state index in [1.54, 1.807) is 0 Å². The van der Waals surface area contributed by atoms with Crippen LogP contribution in [0.3, 0.4) is 0 Å². The Morgan fingerprint density at radius 2 is 1.03 bits per heavy atom. The quantitative estimate of drug-likeness (QED) is 0.0648. The molecule has 212 valence electrons. The Hall–Kier alpha value is -1.32. The van der Waals surface area contributed by atoms with Crippen molar-refractivity contribution in [3.8, 4) is 0 Å². The Labute approximate surface area is 224 Å². The number of rotatable bonds is 28. The lowest BCUT2D eigenvalue weighted by atomic mass is 10.0. The van der Waals surface area contributed by atoms with E-state index in [0.29, 0.717) is 12.8 Å². The molecule has 1 atom stereocenters. The first-order chi connectivity index (χ1) is 17.6. The topological polar surface area (TPSA) is 63.6 Å². The number of esters is 1. The van der Waals surface area contributed by atoms with E-state index in [-0.39, 0.29) is 12.1 Å². The third-order valence-electron chi connectivity index (χ3n) is 6.98. The molecule has 0 aromatic carbocycles. The van der Waals surface area contributed by atoms with Crippen LogP contribution < -0.4 is 0 Å². The molecule has 0 fully saturated rings. The van der Waals surface area contributed by atoms with Crippen molar-refractivity contribution in [2.24, 2.45) is 0 Å². The molecule has 0 aromatic heterocycles. The average molecular weight is 509 g/mol. The molecule has 0 saturated heterocycles. The van der Waals surface area contributed by atoms with E-state index in [1.807, 2.05) is 6.92 Å². The number of carboxylic acids is 1. The minimum Gasteiger partial charge on any atom is -0.481 e. The van der Waals surface area contributed by atoms with Crippen molar-refractivity contribution in [3.05, 3.63) is 12.2 Å². The van der Waals surface area contributed by atoms with Gasteiger partial charge in [-0.05, 0) is 58.3 Å². The first-order valence-electron chi connectivity index (χ1n) is 15.6. The van der Waals surface area contributed by atoms with Crippen LogP contribution in [0.4, 0.5) is 0 Å². The molecule has 0 heterocycles. The average Bonchev–Trinajstić information content (AvgIpc) is 2.84. The first-order valence-corrected chi connectivity index (χ1v) is 15.6. The summed E-state index contributed by atoms with van der Waals surface area (Å²) in [6, 6.07) is 0. The summed E-state index contributed by atoms with van der Waals surface area (Å²) < 4.78 is 5.59. The zero-order valence-electron chi connectivity index (χ0n) is 24.1. The number of allylic oxidation sites excluding steroid dienone is 2. The molecule has 0 saturated carbocycles. The van der Waals surface area contributed by atoms with Crippen molar-refractivity contribution < 1.29 is 19.4 Å². The van der Waals surface area contributed by atoms with Crippen molar-refractivity contribution in [1.82, 2.24) is 0 Å². The van der Waals surface area contributed by atoms with Gasteiger partial charge in [0.25, 0.3) is 0 Å². The molecule has 4 nitrogen and oxygen atoms in total. The van der Waals surface area contributed by atoms with Gasteiger partial charge in [-0.3, -0.25) is 9.59 Å². The number of hydrogen-bond acceptors (Lipinski definition) is 3. The molecule has 0 aliphatic rings. The highest BCUT2D eigenvalue weighted by atomic mass is 16.5. The van der Waals surface area contributed by atoms with Crippen LogP contribution in [0, 0.1) is 0 Å². The van der Waals surface area contributed by atoms with Gasteiger partial charge in [-0.25, -0.2) is 0 Å². The lowest BCUT2D eigenvalue weighted by molar-refractivity contribution is -0.148.